The number of amides is 2. The second-order valence-corrected chi connectivity index (χ2v) is 5.20. The van der Waals surface area contributed by atoms with Gasteiger partial charge < -0.3 is 20.6 Å². The van der Waals surface area contributed by atoms with Crippen molar-refractivity contribution in [2.45, 2.75) is 40.0 Å². The molecular formula is C15H21N2NaO7. The number of carboxylic acid groups (broad SMARTS) is 2. The number of carbonyl (C=O) groups is 4. The molecule has 0 fully saturated rings. The standard InChI is InChI=1S/C11H18N2O3.C4H4O4.Na/c1-4-6-7(3)11(5-2)8(14)12-10(16)13-9(11)15;5-3(6)1-2-4(7)8;/h7H,4-6H2,1-3H3,(H2,12,13,14,15,16);1-2H,(H,5,6)(H,7,8);/q;;+1/p-1/b;2-1-;. The van der Waals surface area contributed by atoms with E-state index in [1.54, 1.807) is 6.92 Å². The van der Waals surface area contributed by atoms with Crippen LogP contribution < -0.4 is 40.0 Å². The first-order valence-electron chi connectivity index (χ1n) is 7.37. The van der Waals surface area contributed by atoms with Crippen LogP contribution in [0.5, 0.6) is 0 Å². The Morgan fingerprint density at radius 1 is 1.24 bits per heavy atom. The number of amidine groups is 1. The Kier molecular flexibility index (Phi) is 12.0. The van der Waals surface area contributed by atoms with Crippen molar-refractivity contribution in [1.82, 2.24) is 5.32 Å². The smallest absolute Gasteiger partial charge is 0.846 e. The van der Waals surface area contributed by atoms with E-state index in [9.17, 15) is 24.3 Å². The monoisotopic (exact) mass is 364 g/mol. The maximum absolute atomic E-state index is 11.9. The largest absolute Gasteiger partial charge is 1.00 e. The quantitative estimate of drug-likeness (QED) is 0.256. The van der Waals surface area contributed by atoms with Crippen LogP contribution in [0.4, 0.5) is 0 Å². The van der Waals surface area contributed by atoms with Gasteiger partial charge in [-0.3, -0.25) is 9.59 Å². The third-order valence-corrected chi connectivity index (χ3v) is 3.70. The molecule has 1 rings (SSSR count). The van der Waals surface area contributed by atoms with Crippen molar-refractivity contribution in [2.75, 3.05) is 0 Å². The summed E-state index contributed by atoms with van der Waals surface area (Å²) in [4.78, 5) is 46.2. The predicted octanol–water partition coefficient (Wildman–Crippen LogP) is -3.09. The first-order chi connectivity index (χ1) is 11.1. The van der Waals surface area contributed by atoms with Gasteiger partial charge in [0.2, 0.25) is 5.91 Å². The molecule has 2 atom stereocenters. The molecule has 0 spiro atoms. The van der Waals surface area contributed by atoms with E-state index < -0.39 is 35.2 Å². The number of hydrogen-bond donors (Lipinski definition) is 3. The number of rotatable bonds is 6. The Labute approximate surface area is 167 Å². The number of nitrogens with one attached hydrogen (secondary N) is 1. The number of hydrogen-bond acceptors (Lipinski definition) is 5. The van der Waals surface area contributed by atoms with E-state index in [4.69, 9.17) is 10.2 Å². The second-order valence-electron chi connectivity index (χ2n) is 5.20. The van der Waals surface area contributed by atoms with Gasteiger partial charge in [-0.1, -0.05) is 27.2 Å². The van der Waals surface area contributed by atoms with Crippen LogP contribution >= 0.6 is 0 Å². The van der Waals surface area contributed by atoms with Gasteiger partial charge in [0.25, 0.3) is 5.91 Å². The van der Waals surface area contributed by atoms with Crippen molar-refractivity contribution in [3.8, 4) is 0 Å². The molecule has 3 N–H and O–H groups in total. The van der Waals surface area contributed by atoms with Crippen molar-refractivity contribution in [3.63, 3.8) is 0 Å². The Morgan fingerprint density at radius 2 is 1.72 bits per heavy atom. The molecule has 25 heavy (non-hydrogen) atoms. The van der Waals surface area contributed by atoms with Gasteiger partial charge in [-0.2, -0.15) is 0 Å². The molecule has 10 heteroatoms. The van der Waals surface area contributed by atoms with E-state index in [0.29, 0.717) is 18.6 Å². The first kappa shape index (κ1) is 25.5. The van der Waals surface area contributed by atoms with Crippen LogP contribution in [0.1, 0.15) is 40.0 Å². The molecule has 1 aliphatic heterocycles. The van der Waals surface area contributed by atoms with Crippen LogP contribution in [0, 0.1) is 11.3 Å². The molecule has 0 aliphatic carbocycles. The molecule has 1 heterocycles. The van der Waals surface area contributed by atoms with E-state index in [0.717, 1.165) is 12.8 Å². The second kappa shape index (κ2) is 11.8. The summed E-state index contributed by atoms with van der Waals surface area (Å²) in [7, 11) is 0. The zero-order valence-electron chi connectivity index (χ0n) is 14.7. The summed E-state index contributed by atoms with van der Waals surface area (Å²) in [6, 6.07) is -0.845. The molecule has 9 nitrogen and oxygen atoms in total. The van der Waals surface area contributed by atoms with E-state index in [-0.39, 0.29) is 35.5 Å². The summed E-state index contributed by atoms with van der Waals surface area (Å²) in [5.74, 6) is -3.71. The van der Waals surface area contributed by atoms with Crippen molar-refractivity contribution >= 4 is 29.8 Å². The van der Waals surface area contributed by atoms with E-state index in [2.05, 4.69) is 10.3 Å². The number of nitrogens with zero attached hydrogens (tertiary/aromatic N) is 1. The summed E-state index contributed by atoms with van der Waals surface area (Å²) in [5.41, 5.74) is -1.15. The summed E-state index contributed by atoms with van der Waals surface area (Å²) < 4.78 is 0. The van der Waals surface area contributed by atoms with Gasteiger partial charge in [0.05, 0.1) is 6.02 Å². The van der Waals surface area contributed by atoms with Gasteiger partial charge >= 0.3 is 41.5 Å². The molecule has 0 radical (unpaired) electrons. The van der Waals surface area contributed by atoms with Crippen LogP contribution in [0.25, 0.3) is 0 Å². The molecule has 2 amide bonds. The van der Waals surface area contributed by atoms with Crippen LogP contribution in [0.15, 0.2) is 17.1 Å². The fourth-order valence-electron chi connectivity index (χ4n) is 2.44. The van der Waals surface area contributed by atoms with E-state index in [1.165, 1.54) is 0 Å². The molecule has 0 aromatic rings. The fraction of sp³-hybridized carbons (Fsp3) is 0.533. The third-order valence-electron chi connectivity index (χ3n) is 3.70. The van der Waals surface area contributed by atoms with Gasteiger partial charge in [0.1, 0.15) is 5.41 Å². The molecule has 0 aromatic carbocycles. The number of aliphatic imine (C=N–C) groups is 1. The van der Waals surface area contributed by atoms with Gasteiger partial charge in [0, 0.05) is 12.2 Å². The van der Waals surface area contributed by atoms with Crippen LogP contribution in [0.3, 0.4) is 0 Å². The zero-order valence-corrected chi connectivity index (χ0v) is 16.7. The van der Waals surface area contributed by atoms with Gasteiger partial charge in [-0.25, -0.2) is 14.6 Å². The summed E-state index contributed by atoms with van der Waals surface area (Å²) in [6.07, 6.45) is 3.13. The summed E-state index contributed by atoms with van der Waals surface area (Å²) >= 11 is 0. The SMILES string of the molecule is CCCC(C)C1(CC)C(=O)N=C([O-])NC1=O.O=C(O)/C=C\C(=O)O.[Na+]. The van der Waals surface area contributed by atoms with Gasteiger partial charge in [-0.05, 0) is 18.8 Å². The minimum atomic E-state index is -1.26. The van der Waals surface area contributed by atoms with Crippen LogP contribution in [0.2, 0.25) is 0 Å². The van der Waals surface area contributed by atoms with Crippen molar-refractivity contribution in [3.05, 3.63) is 12.2 Å². The maximum atomic E-state index is 11.9. The minimum Gasteiger partial charge on any atom is -0.846 e. The number of aliphatic carboxylic acids is 2. The van der Waals surface area contributed by atoms with Crippen molar-refractivity contribution in [2.24, 2.45) is 16.3 Å². The van der Waals surface area contributed by atoms with Gasteiger partial charge in [-0.15, -0.1) is 0 Å². The van der Waals surface area contributed by atoms with E-state index >= 15 is 0 Å². The Balaban J connectivity index is 0. The van der Waals surface area contributed by atoms with Crippen molar-refractivity contribution in [1.29, 1.82) is 0 Å². The topological polar surface area (TPSA) is 156 Å². The average Bonchev–Trinajstić information content (AvgIpc) is 2.46. The zero-order chi connectivity index (χ0) is 18.9. The molecular weight excluding hydrogens is 343 g/mol. The molecule has 2 unspecified atom stereocenters. The first-order valence-corrected chi connectivity index (χ1v) is 7.37. The Hall–Kier alpha value is -1.71. The van der Waals surface area contributed by atoms with Crippen LogP contribution in [-0.2, 0) is 19.2 Å². The maximum Gasteiger partial charge on any atom is 1.00 e. The van der Waals surface area contributed by atoms with Gasteiger partial charge in [0.15, 0.2) is 0 Å². The molecule has 1 aliphatic rings. The van der Waals surface area contributed by atoms with Crippen LogP contribution in [-0.4, -0.2) is 40.0 Å². The Bertz CT molecular complexity index is 558. The molecule has 0 bridgehead atoms. The molecule has 0 aromatic heterocycles. The number of carbonyl (C=O) groups excluding carboxylic acids is 2. The summed E-state index contributed by atoms with van der Waals surface area (Å²) in [5, 5.41) is 28.7. The predicted molar refractivity (Wildman–Crippen MR) is 81.8 cm³/mol. The normalized spacial score (nSPS) is 20.5. The van der Waals surface area contributed by atoms with E-state index in [1.807, 2.05) is 13.8 Å². The molecule has 0 saturated heterocycles. The Morgan fingerprint density at radius 3 is 2.04 bits per heavy atom. The minimum absolute atomic E-state index is 0. The third kappa shape index (κ3) is 7.37. The van der Waals surface area contributed by atoms with Crippen molar-refractivity contribution < 1.29 is 64.1 Å². The number of carboxylic acids is 2. The fourth-order valence-corrected chi connectivity index (χ4v) is 2.44. The molecule has 0 saturated carbocycles. The molecule has 134 valence electrons. The summed E-state index contributed by atoms with van der Waals surface area (Å²) in [6.45, 7) is 5.62. The average molecular weight is 364 g/mol.